The maximum atomic E-state index is 12.2. The second kappa shape index (κ2) is 6.93. The number of nitrogens with one attached hydrogen (secondary N) is 3. The highest BCUT2D eigenvalue weighted by Crippen LogP contribution is 2.17. The fourth-order valence-electron chi connectivity index (χ4n) is 2.63. The lowest BCUT2D eigenvalue weighted by Gasteiger charge is -2.20. The molecular formula is C19H23N5O. The molecular weight excluding hydrogens is 314 g/mol. The van der Waals surface area contributed by atoms with Crippen LogP contribution in [0.5, 0.6) is 0 Å². The molecule has 3 rings (SSSR count). The normalized spacial score (nSPS) is 11.5. The molecule has 0 saturated heterocycles. The molecule has 0 unspecified atom stereocenters. The Kier molecular flexibility index (Phi) is 4.70. The van der Waals surface area contributed by atoms with Crippen molar-refractivity contribution in [2.75, 3.05) is 11.9 Å². The molecule has 130 valence electrons. The van der Waals surface area contributed by atoms with Crippen LogP contribution in [0.25, 0.3) is 10.9 Å². The lowest BCUT2D eigenvalue weighted by atomic mass is 10.1. The van der Waals surface area contributed by atoms with Crippen molar-refractivity contribution in [3.05, 3.63) is 54.1 Å². The summed E-state index contributed by atoms with van der Waals surface area (Å²) >= 11 is 0. The Morgan fingerprint density at radius 1 is 1.16 bits per heavy atom. The molecule has 0 saturated carbocycles. The molecule has 0 atom stereocenters. The Balaban J connectivity index is 1.55. The van der Waals surface area contributed by atoms with Crippen LogP contribution in [-0.2, 0) is 6.42 Å². The fraction of sp³-hybridized carbons (Fsp3) is 0.316. The van der Waals surface area contributed by atoms with Gasteiger partial charge in [0.15, 0.2) is 0 Å². The predicted molar refractivity (Wildman–Crippen MR) is 99.7 cm³/mol. The summed E-state index contributed by atoms with van der Waals surface area (Å²) in [5.74, 6) is 0.442. The van der Waals surface area contributed by atoms with Gasteiger partial charge in [-0.3, -0.25) is 4.79 Å². The van der Waals surface area contributed by atoms with E-state index in [0.717, 1.165) is 11.9 Å². The Labute approximate surface area is 147 Å². The van der Waals surface area contributed by atoms with Gasteiger partial charge in [-0.05, 0) is 38.8 Å². The molecule has 0 aliphatic heterocycles. The number of para-hydroxylation sites is 1. The number of carbonyl (C=O) groups is 1. The average molecular weight is 337 g/mol. The van der Waals surface area contributed by atoms with Gasteiger partial charge in [-0.1, -0.05) is 18.2 Å². The van der Waals surface area contributed by atoms with E-state index in [2.05, 4.69) is 31.7 Å². The van der Waals surface area contributed by atoms with Gasteiger partial charge in [-0.15, -0.1) is 0 Å². The van der Waals surface area contributed by atoms with Crippen LogP contribution in [-0.4, -0.2) is 32.9 Å². The summed E-state index contributed by atoms with van der Waals surface area (Å²) in [6, 6.07) is 8.14. The third kappa shape index (κ3) is 4.35. The first-order valence-corrected chi connectivity index (χ1v) is 8.36. The third-order valence-corrected chi connectivity index (χ3v) is 3.74. The van der Waals surface area contributed by atoms with E-state index in [4.69, 9.17) is 0 Å². The van der Waals surface area contributed by atoms with Crippen LogP contribution in [0.1, 0.15) is 36.8 Å². The molecule has 0 spiro atoms. The summed E-state index contributed by atoms with van der Waals surface area (Å²) in [5, 5.41) is 7.30. The highest BCUT2D eigenvalue weighted by molar-refractivity contribution is 5.92. The van der Waals surface area contributed by atoms with Crippen LogP contribution in [0, 0.1) is 0 Å². The molecule has 1 aromatic carbocycles. The smallest absolute Gasteiger partial charge is 0.271 e. The number of carbonyl (C=O) groups excluding carboxylic acids is 1. The van der Waals surface area contributed by atoms with Crippen LogP contribution in [0.15, 0.2) is 42.9 Å². The minimum absolute atomic E-state index is 0.0994. The van der Waals surface area contributed by atoms with Crippen LogP contribution in [0.4, 0.5) is 5.82 Å². The zero-order valence-electron chi connectivity index (χ0n) is 14.8. The second-order valence-electron chi connectivity index (χ2n) is 7.03. The maximum Gasteiger partial charge on any atom is 0.271 e. The van der Waals surface area contributed by atoms with E-state index in [9.17, 15) is 4.79 Å². The van der Waals surface area contributed by atoms with Gasteiger partial charge < -0.3 is 15.6 Å². The number of nitrogens with zero attached hydrogens (tertiary/aromatic N) is 2. The number of hydrogen-bond donors (Lipinski definition) is 3. The van der Waals surface area contributed by atoms with Gasteiger partial charge in [-0.2, -0.15) is 0 Å². The number of anilines is 1. The summed E-state index contributed by atoms with van der Waals surface area (Å²) < 4.78 is 0. The van der Waals surface area contributed by atoms with Crippen molar-refractivity contribution in [2.24, 2.45) is 0 Å². The van der Waals surface area contributed by atoms with E-state index in [-0.39, 0.29) is 11.4 Å². The van der Waals surface area contributed by atoms with Gasteiger partial charge >= 0.3 is 0 Å². The zero-order chi connectivity index (χ0) is 17.9. The van der Waals surface area contributed by atoms with Gasteiger partial charge in [0, 0.05) is 29.2 Å². The SMILES string of the molecule is CC(C)(C)Nc1cnc(C(=O)NCCc2c[nH]c3ccccc23)cn1. The molecule has 25 heavy (non-hydrogen) atoms. The third-order valence-electron chi connectivity index (χ3n) is 3.74. The molecule has 1 amide bonds. The number of aromatic amines is 1. The number of hydrogen-bond acceptors (Lipinski definition) is 4. The molecule has 0 aliphatic rings. The Morgan fingerprint density at radius 3 is 2.68 bits per heavy atom. The molecule has 3 N–H and O–H groups in total. The second-order valence-corrected chi connectivity index (χ2v) is 7.03. The van der Waals surface area contributed by atoms with Gasteiger partial charge in [-0.25, -0.2) is 9.97 Å². The highest BCUT2D eigenvalue weighted by atomic mass is 16.1. The van der Waals surface area contributed by atoms with Crippen molar-refractivity contribution >= 4 is 22.6 Å². The Morgan fingerprint density at radius 2 is 1.96 bits per heavy atom. The fourth-order valence-corrected chi connectivity index (χ4v) is 2.63. The molecule has 6 heteroatoms. The minimum Gasteiger partial charge on any atom is -0.364 e. The largest absolute Gasteiger partial charge is 0.364 e. The van der Waals surface area contributed by atoms with Crippen LogP contribution >= 0.6 is 0 Å². The average Bonchev–Trinajstić information content (AvgIpc) is 2.97. The number of amides is 1. The lowest BCUT2D eigenvalue weighted by Crippen LogP contribution is -2.28. The summed E-state index contributed by atoms with van der Waals surface area (Å²) in [7, 11) is 0. The quantitative estimate of drug-likeness (QED) is 0.668. The number of benzene rings is 1. The van der Waals surface area contributed by atoms with Crippen LogP contribution < -0.4 is 10.6 Å². The van der Waals surface area contributed by atoms with E-state index in [0.29, 0.717) is 18.1 Å². The van der Waals surface area contributed by atoms with E-state index >= 15 is 0 Å². The van der Waals surface area contributed by atoms with Gasteiger partial charge in [0.1, 0.15) is 11.5 Å². The van der Waals surface area contributed by atoms with Crippen LogP contribution in [0.3, 0.4) is 0 Å². The molecule has 0 bridgehead atoms. The summed E-state index contributed by atoms with van der Waals surface area (Å²) in [4.78, 5) is 23.9. The lowest BCUT2D eigenvalue weighted by molar-refractivity contribution is 0.0949. The summed E-state index contributed by atoms with van der Waals surface area (Å²) in [6.07, 6.45) is 5.82. The van der Waals surface area contributed by atoms with Crippen molar-refractivity contribution in [2.45, 2.75) is 32.7 Å². The molecule has 2 aromatic heterocycles. The van der Waals surface area contributed by atoms with Gasteiger partial charge in [0.25, 0.3) is 5.91 Å². The van der Waals surface area contributed by atoms with Crippen LogP contribution in [0.2, 0.25) is 0 Å². The van der Waals surface area contributed by atoms with Crippen molar-refractivity contribution in [1.82, 2.24) is 20.3 Å². The van der Waals surface area contributed by atoms with E-state index in [1.165, 1.54) is 17.1 Å². The molecule has 0 radical (unpaired) electrons. The molecule has 0 aliphatic carbocycles. The maximum absolute atomic E-state index is 12.2. The van der Waals surface area contributed by atoms with E-state index < -0.39 is 0 Å². The molecule has 3 aromatic rings. The molecule has 6 nitrogen and oxygen atoms in total. The minimum atomic E-state index is -0.213. The summed E-state index contributed by atoms with van der Waals surface area (Å²) in [6.45, 7) is 6.67. The van der Waals surface area contributed by atoms with Gasteiger partial charge in [0.05, 0.1) is 12.4 Å². The Hall–Kier alpha value is -2.89. The number of fused-ring (bicyclic) bond motifs is 1. The summed E-state index contributed by atoms with van der Waals surface area (Å²) in [5.41, 5.74) is 2.51. The first kappa shape index (κ1) is 17.0. The number of rotatable bonds is 5. The number of aromatic nitrogens is 3. The number of H-pyrrole nitrogens is 1. The molecule has 0 fully saturated rings. The van der Waals surface area contributed by atoms with Crippen molar-refractivity contribution in [3.63, 3.8) is 0 Å². The predicted octanol–water partition coefficient (Wildman–Crippen LogP) is 3.14. The van der Waals surface area contributed by atoms with Gasteiger partial charge in [0.2, 0.25) is 0 Å². The van der Waals surface area contributed by atoms with Crippen molar-refractivity contribution < 1.29 is 4.79 Å². The first-order valence-electron chi connectivity index (χ1n) is 8.36. The van der Waals surface area contributed by atoms with Crippen molar-refractivity contribution in [3.8, 4) is 0 Å². The first-order chi connectivity index (χ1) is 11.9. The molecule has 2 heterocycles. The zero-order valence-corrected chi connectivity index (χ0v) is 14.8. The highest BCUT2D eigenvalue weighted by Gasteiger charge is 2.12. The van der Waals surface area contributed by atoms with E-state index in [1.807, 2.05) is 45.2 Å². The van der Waals surface area contributed by atoms with Crippen molar-refractivity contribution in [1.29, 1.82) is 0 Å². The monoisotopic (exact) mass is 337 g/mol. The Bertz CT molecular complexity index is 861. The standard InChI is InChI=1S/C19H23N5O/c1-19(2,3)24-17-12-22-16(11-23-17)18(25)20-9-8-13-10-21-15-7-5-4-6-14(13)15/h4-7,10-12,21H,8-9H2,1-3H3,(H,20,25)(H,23,24). The van der Waals surface area contributed by atoms with E-state index in [1.54, 1.807) is 6.20 Å². The topological polar surface area (TPSA) is 82.7 Å².